The van der Waals surface area contributed by atoms with E-state index in [1.807, 2.05) is 0 Å². The first kappa shape index (κ1) is 21.8. The molecule has 3 nitrogen and oxygen atoms in total. The van der Waals surface area contributed by atoms with Gasteiger partial charge in [-0.25, -0.2) is 9.97 Å². The number of rotatable bonds is 3. The summed E-state index contributed by atoms with van der Waals surface area (Å²) < 4.78 is 6.42. The monoisotopic (exact) mass is 458 g/mol. The smallest absolute Gasteiger partial charge is 0.231 e. The fourth-order valence-electron chi connectivity index (χ4n) is 5.32. The lowest BCUT2D eigenvalue weighted by Crippen LogP contribution is -2.12. The molecule has 0 aliphatic heterocycles. The van der Waals surface area contributed by atoms with E-state index in [0.717, 1.165) is 39.4 Å². The van der Waals surface area contributed by atoms with E-state index in [1.165, 1.54) is 27.3 Å². The molecule has 0 aliphatic rings. The summed E-state index contributed by atoms with van der Waals surface area (Å²) in [6.07, 6.45) is 2.67. The molecule has 2 heterocycles. The van der Waals surface area contributed by atoms with Gasteiger partial charge in [-0.05, 0) is 69.3 Å². The van der Waals surface area contributed by atoms with Crippen LogP contribution in [0.1, 0.15) is 45.7 Å². The average Bonchev–Trinajstić information content (AvgIpc) is 3.22. The van der Waals surface area contributed by atoms with E-state index in [2.05, 4.69) is 106 Å². The molecule has 0 radical (unpaired) electrons. The highest BCUT2D eigenvalue weighted by molar-refractivity contribution is 6.18. The summed E-state index contributed by atoms with van der Waals surface area (Å²) in [5.74, 6) is 0.602. The minimum absolute atomic E-state index is 0.00322. The Morgan fingerprint density at radius 3 is 2.40 bits per heavy atom. The Bertz CT molecular complexity index is 1730. The van der Waals surface area contributed by atoms with Crippen LogP contribution in [0.15, 0.2) is 77.5 Å². The molecule has 0 saturated carbocycles. The zero-order chi connectivity index (χ0) is 24.3. The lowest BCUT2D eigenvalue weighted by Gasteiger charge is -2.22. The van der Waals surface area contributed by atoms with Gasteiger partial charge in [0.1, 0.15) is 11.9 Å². The normalized spacial score (nSPS) is 12.5. The largest absolute Gasteiger partial charge is 0.437 e. The van der Waals surface area contributed by atoms with Crippen LogP contribution < -0.4 is 0 Å². The van der Waals surface area contributed by atoms with Crippen molar-refractivity contribution in [1.82, 2.24) is 9.97 Å². The Labute approximate surface area is 205 Å². The maximum atomic E-state index is 6.42. The van der Waals surface area contributed by atoms with Crippen molar-refractivity contribution in [2.24, 2.45) is 5.92 Å². The highest BCUT2D eigenvalue weighted by Gasteiger charge is 2.21. The summed E-state index contributed by atoms with van der Waals surface area (Å²) in [6, 6.07) is 24.2. The van der Waals surface area contributed by atoms with Gasteiger partial charge in [-0.3, -0.25) is 0 Å². The van der Waals surface area contributed by atoms with Gasteiger partial charge < -0.3 is 4.42 Å². The molecule has 0 fully saturated rings. The van der Waals surface area contributed by atoms with Crippen LogP contribution in [0.25, 0.3) is 54.9 Å². The number of aromatic nitrogens is 2. The van der Waals surface area contributed by atoms with Crippen LogP contribution in [-0.4, -0.2) is 9.97 Å². The van der Waals surface area contributed by atoms with Crippen LogP contribution >= 0.6 is 0 Å². The van der Waals surface area contributed by atoms with Gasteiger partial charge in [0.25, 0.3) is 0 Å². The first-order valence-electron chi connectivity index (χ1n) is 12.4. The summed E-state index contributed by atoms with van der Waals surface area (Å²) in [4.78, 5) is 9.33. The van der Waals surface area contributed by atoms with Gasteiger partial charge in [0.2, 0.25) is 5.71 Å². The van der Waals surface area contributed by atoms with E-state index >= 15 is 0 Å². The van der Waals surface area contributed by atoms with Crippen LogP contribution in [0, 0.1) is 5.92 Å². The molecule has 6 aromatic rings. The summed E-state index contributed by atoms with van der Waals surface area (Å²) >= 11 is 0. The maximum absolute atomic E-state index is 6.42. The number of benzene rings is 4. The molecule has 174 valence electrons. The summed E-state index contributed by atoms with van der Waals surface area (Å²) in [5, 5.41) is 6.87. The maximum Gasteiger partial charge on any atom is 0.231 e. The van der Waals surface area contributed by atoms with Crippen LogP contribution in [0.2, 0.25) is 0 Å². The van der Waals surface area contributed by atoms with Gasteiger partial charge in [-0.15, -0.1) is 0 Å². The molecule has 3 heteroatoms. The fourth-order valence-corrected chi connectivity index (χ4v) is 5.32. The Balaban J connectivity index is 1.65. The quantitative estimate of drug-likeness (QED) is 0.266. The van der Waals surface area contributed by atoms with Crippen LogP contribution in [0.5, 0.6) is 0 Å². The first-order chi connectivity index (χ1) is 16.8. The lowest BCUT2D eigenvalue weighted by atomic mass is 9.82. The van der Waals surface area contributed by atoms with E-state index in [4.69, 9.17) is 9.40 Å². The van der Waals surface area contributed by atoms with Crippen molar-refractivity contribution in [2.45, 2.75) is 46.5 Å². The van der Waals surface area contributed by atoms with Gasteiger partial charge >= 0.3 is 0 Å². The van der Waals surface area contributed by atoms with Crippen LogP contribution in [0.3, 0.4) is 0 Å². The molecule has 0 spiro atoms. The molecule has 0 unspecified atom stereocenters. The minimum Gasteiger partial charge on any atom is -0.437 e. The van der Waals surface area contributed by atoms with Gasteiger partial charge in [0, 0.05) is 16.3 Å². The molecule has 4 aromatic carbocycles. The average molecular weight is 459 g/mol. The van der Waals surface area contributed by atoms with E-state index in [9.17, 15) is 0 Å². The van der Waals surface area contributed by atoms with Crippen molar-refractivity contribution >= 4 is 43.6 Å². The zero-order valence-electron chi connectivity index (χ0n) is 21.0. The molecular weight excluding hydrogens is 428 g/mol. The molecule has 0 bridgehead atoms. The number of hydrogen-bond acceptors (Lipinski definition) is 3. The lowest BCUT2D eigenvalue weighted by molar-refractivity contribution is 0.596. The molecule has 0 saturated heterocycles. The van der Waals surface area contributed by atoms with Crippen LogP contribution in [-0.2, 0) is 11.8 Å². The second-order valence-electron chi connectivity index (χ2n) is 11.1. The van der Waals surface area contributed by atoms with Crippen molar-refractivity contribution in [2.75, 3.05) is 0 Å². The third-order valence-electron chi connectivity index (χ3n) is 6.90. The van der Waals surface area contributed by atoms with Gasteiger partial charge in [0.05, 0.1) is 11.1 Å². The molecule has 35 heavy (non-hydrogen) atoms. The fraction of sp³-hybridized carbons (Fsp3) is 0.250. The van der Waals surface area contributed by atoms with Gasteiger partial charge in [-0.1, -0.05) is 77.1 Å². The standard InChI is InChI=1S/C32H30N2O/c1-19(2)14-20-10-11-21-12-13-25-28-29(33-18-34-31(28)35-30(25)26(21)15-20)23-16-22-8-6-7-9-24(22)27(17-23)32(3,4)5/h6-13,15-19H,14H2,1-5H3. The van der Waals surface area contributed by atoms with Crippen molar-refractivity contribution in [3.63, 3.8) is 0 Å². The third kappa shape index (κ3) is 3.67. The van der Waals surface area contributed by atoms with Gasteiger partial charge in [0.15, 0.2) is 0 Å². The minimum atomic E-state index is 0.00322. The summed E-state index contributed by atoms with van der Waals surface area (Å²) in [6.45, 7) is 11.3. The Morgan fingerprint density at radius 1 is 0.800 bits per heavy atom. The number of furan rings is 1. The third-order valence-corrected chi connectivity index (χ3v) is 6.90. The first-order valence-corrected chi connectivity index (χ1v) is 12.4. The molecule has 0 amide bonds. The van der Waals surface area contributed by atoms with E-state index in [0.29, 0.717) is 11.6 Å². The number of nitrogens with zero attached hydrogens (tertiary/aromatic N) is 2. The van der Waals surface area contributed by atoms with E-state index < -0.39 is 0 Å². The highest BCUT2D eigenvalue weighted by atomic mass is 16.3. The van der Waals surface area contributed by atoms with Crippen molar-refractivity contribution in [1.29, 1.82) is 0 Å². The second-order valence-corrected chi connectivity index (χ2v) is 11.1. The van der Waals surface area contributed by atoms with Crippen molar-refractivity contribution in [3.05, 3.63) is 84.2 Å². The Kier molecular flexibility index (Phi) is 4.93. The predicted molar refractivity (Wildman–Crippen MR) is 147 cm³/mol. The summed E-state index contributed by atoms with van der Waals surface area (Å²) in [5.41, 5.74) is 6.19. The highest BCUT2D eigenvalue weighted by Crippen LogP contribution is 2.40. The Morgan fingerprint density at radius 2 is 1.60 bits per heavy atom. The molecule has 2 aromatic heterocycles. The molecule has 6 rings (SSSR count). The topological polar surface area (TPSA) is 38.9 Å². The SMILES string of the molecule is CC(C)Cc1ccc2ccc3c(oc4ncnc(-c5cc(C(C)(C)C)c6ccccc6c5)c43)c2c1. The van der Waals surface area contributed by atoms with E-state index in [1.54, 1.807) is 6.33 Å². The van der Waals surface area contributed by atoms with Crippen molar-refractivity contribution in [3.8, 4) is 11.3 Å². The van der Waals surface area contributed by atoms with Crippen LogP contribution in [0.4, 0.5) is 0 Å². The van der Waals surface area contributed by atoms with Gasteiger partial charge in [-0.2, -0.15) is 0 Å². The van der Waals surface area contributed by atoms with Crippen molar-refractivity contribution < 1.29 is 4.42 Å². The zero-order valence-corrected chi connectivity index (χ0v) is 21.0. The summed E-state index contributed by atoms with van der Waals surface area (Å²) in [7, 11) is 0. The Hall–Kier alpha value is -3.72. The van der Waals surface area contributed by atoms with E-state index in [-0.39, 0.29) is 5.41 Å². The molecule has 0 aliphatic carbocycles. The molecule has 0 N–H and O–H groups in total. The number of fused-ring (bicyclic) bond motifs is 6. The molecular formula is C32H30N2O. The number of hydrogen-bond donors (Lipinski definition) is 0. The second kappa shape index (κ2) is 7.91. The molecule has 0 atom stereocenters. The predicted octanol–water partition coefficient (Wildman–Crippen LogP) is 8.85.